The van der Waals surface area contributed by atoms with Gasteiger partial charge in [-0.3, -0.25) is 0 Å². The zero-order valence-electron chi connectivity index (χ0n) is 21.4. The van der Waals surface area contributed by atoms with Crippen molar-refractivity contribution in [3.8, 4) is 20.9 Å². The van der Waals surface area contributed by atoms with Gasteiger partial charge in [0.2, 0.25) is 21.1 Å². The third-order valence-corrected chi connectivity index (χ3v) is 7.59. The maximum atomic E-state index is 6.34. The molecule has 186 valence electrons. The molecule has 0 unspecified atom stereocenters. The molecule has 0 atom stereocenters. The average molecular weight is 520 g/mol. The van der Waals surface area contributed by atoms with Gasteiger partial charge in [0, 0.05) is 34.4 Å². The molecule has 0 radical (unpaired) electrons. The van der Waals surface area contributed by atoms with Gasteiger partial charge in [-0.1, -0.05) is 115 Å². The minimum atomic E-state index is 0.843. The SMILES string of the molecule is C(/C=C/c1cc(-c2ccccc2)[s+]c(-c2ccccc2)c1)=C1C=C(c2ccccc2)OC(c2ccccc2)=C1. The van der Waals surface area contributed by atoms with Crippen LogP contribution in [0.4, 0.5) is 0 Å². The van der Waals surface area contributed by atoms with E-state index in [1.54, 1.807) is 0 Å². The van der Waals surface area contributed by atoms with Gasteiger partial charge >= 0.3 is 0 Å². The lowest BCUT2D eigenvalue weighted by molar-refractivity contribution is 0.467. The molecule has 1 aliphatic rings. The third kappa shape index (κ3) is 6.04. The molecule has 0 saturated carbocycles. The highest BCUT2D eigenvalue weighted by atomic mass is 32.1. The number of rotatable bonds is 6. The molecule has 1 aliphatic heterocycles. The van der Waals surface area contributed by atoms with Gasteiger partial charge < -0.3 is 4.74 Å². The van der Waals surface area contributed by atoms with E-state index >= 15 is 0 Å². The molecule has 0 amide bonds. The molecule has 6 rings (SSSR count). The number of hydrogen-bond acceptors (Lipinski definition) is 1. The van der Waals surface area contributed by atoms with Crippen molar-refractivity contribution in [2.24, 2.45) is 0 Å². The Labute approximate surface area is 234 Å². The molecule has 0 aliphatic carbocycles. The number of benzene rings is 4. The van der Waals surface area contributed by atoms with Crippen LogP contribution in [0, 0.1) is 0 Å². The van der Waals surface area contributed by atoms with Crippen LogP contribution >= 0.6 is 11.3 Å². The van der Waals surface area contributed by atoms with E-state index in [-0.39, 0.29) is 0 Å². The summed E-state index contributed by atoms with van der Waals surface area (Å²) in [5, 5.41) is 0. The predicted molar refractivity (Wildman–Crippen MR) is 167 cm³/mol. The van der Waals surface area contributed by atoms with Crippen LogP contribution in [0.25, 0.3) is 38.5 Å². The van der Waals surface area contributed by atoms with Crippen molar-refractivity contribution in [2.75, 3.05) is 0 Å². The zero-order chi connectivity index (χ0) is 26.3. The number of ether oxygens (including phenoxy) is 1. The van der Waals surface area contributed by atoms with E-state index in [1.807, 2.05) is 47.7 Å². The van der Waals surface area contributed by atoms with E-state index in [1.165, 1.54) is 20.9 Å². The van der Waals surface area contributed by atoms with Crippen LogP contribution in [-0.4, -0.2) is 0 Å². The lowest BCUT2D eigenvalue weighted by Gasteiger charge is -2.18. The Kier molecular flexibility index (Phi) is 7.38. The summed E-state index contributed by atoms with van der Waals surface area (Å²) in [6, 6.07) is 46.2. The first-order chi connectivity index (χ1) is 19.3. The molecular formula is C37H27OS+. The Balaban J connectivity index is 1.37. The summed E-state index contributed by atoms with van der Waals surface area (Å²) >= 11 is 1.82. The minimum Gasteiger partial charge on any atom is -0.456 e. The standard InChI is InChI=1S/C37H27OS/c1-5-16-30(17-6-1)34-24-28(25-35(38-34)31-18-7-2-8-19-31)14-13-15-29-26-36(32-20-9-3-10-21-32)39-37(27-29)33-22-11-4-12-23-33/h1-27H/q+1/b15-13+. The summed E-state index contributed by atoms with van der Waals surface area (Å²) in [5.74, 6) is 1.69. The summed E-state index contributed by atoms with van der Waals surface area (Å²) in [6.07, 6.45) is 10.7. The Morgan fingerprint density at radius 3 is 1.33 bits per heavy atom. The van der Waals surface area contributed by atoms with Crippen LogP contribution in [0.2, 0.25) is 0 Å². The second-order valence-corrected chi connectivity index (χ2v) is 10.3. The highest BCUT2D eigenvalue weighted by Crippen LogP contribution is 2.35. The highest BCUT2D eigenvalue weighted by molar-refractivity contribution is 7.18. The molecule has 5 aromatic rings. The highest BCUT2D eigenvalue weighted by Gasteiger charge is 2.18. The fourth-order valence-corrected chi connectivity index (χ4v) is 5.62. The maximum Gasteiger partial charge on any atom is 0.239 e. The third-order valence-electron chi connectivity index (χ3n) is 6.44. The van der Waals surface area contributed by atoms with Crippen molar-refractivity contribution in [3.63, 3.8) is 0 Å². The summed E-state index contributed by atoms with van der Waals surface area (Å²) in [6.45, 7) is 0. The van der Waals surface area contributed by atoms with Gasteiger partial charge in [0.25, 0.3) is 0 Å². The van der Waals surface area contributed by atoms with Crippen LogP contribution in [0.1, 0.15) is 16.7 Å². The first-order valence-corrected chi connectivity index (χ1v) is 13.8. The van der Waals surface area contributed by atoms with E-state index in [2.05, 4.69) is 127 Å². The Morgan fingerprint density at radius 2 is 0.897 bits per heavy atom. The molecule has 0 fully saturated rings. The molecule has 1 nitrogen and oxygen atoms in total. The van der Waals surface area contributed by atoms with Crippen molar-refractivity contribution in [3.05, 3.63) is 180 Å². The van der Waals surface area contributed by atoms with Gasteiger partial charge in [-0.15, -0.1) is 0 Å². The molecule has 39 heavy (non-hydrogen) atoms. The summed E-state index contributed by atoms with van der Waals surface area (Å²) < 4.78 is 6.34. The Morgan fingerprint density at radius 1 is 0.487 bits per heavy atom. The van der Waals surface area contributed by atoms with Crippen LogP contribution < -0.4 is 0 Å². The van der Waals surface area contributed by atoms with Crippen molar-refractivity contribution < 1.29 is 4.74 Å². The van der Waals surface area contributed by atoms with Gasteiger partial charge in [-0.25, -0.2) is 0 Å². The van der Waals surface area contributed by atoms with Crippen molar-refractivity contribution in [1.82, 2.24) is 0 Å². The first kappa shape index (κ1) is 24.5. The Hall–Kier alpha value is -4.79. The lowest BCUT2D eigenvalue weighted by atomic mass is 10.0. The Bertz CT molecular complexity index is 1570. The smallest absolute Gasteiger partial charge is 0.239 e. The van der Waals surface area contributed by atoms with Gasteiger partial charge in [-0.2, -0.15) is 0 Å². The van der Waals surface area contributed by atoms with Gasteiger partial charge in [0.1, 0.15) is 11.5 Å². The number of hydrogen-bond donors (Lipinski definition) is 0. The van der Waals surface area contributed by atoms with E-state index in [0.717, 1.165) is 33.8 Å². The van der Waals surface area contributed by atoms with Crippen LogP contribution in [-0.2, 0) is 4.74 Å². The second kappa shape index (κ2) is 11.7. The maximum absolute atomic E-state index is 6.34. The van der Waals surface area contributed by atoms with Crippen molar-refractivity contribution in [1.29, 1.82) is 0 Å². The average Bonchev–Trinajstić information content (AvgIpc) is 3.02. The van der Waals surface area contributed by atoms with Gasteiger partial charge in [0.05, 0.1) is 0 Å². The molecule has 0 saturated heterocycles. The molecule has 0 spiro atoms. The van der Waals surface area contributed by atoms with Crippen molar-refractivity contribution in [2.45, 2.75) is 0 Å². The normalized spacial score (nSPS) is 13.0. The molecule has 2 heteroatoms. The fourth-order valence-electron chi connectivity index (χ4n) is 4.49. The molecule has 1 aromatic heterocycles. The molecule has 0 bridgehead atoms. The van der Waals surface area contributed by atoms with Crippen LogP contribution in [0.3, 0.4) is 0 Å². The monoisotopic (exact) mass is 519 g/mol. The summed E-state index contributed by atoms with van der Waals surface area (Å²) in [4.78, 5) is 2.49. The van der Waals surface area contributed by atoms with Crippen LogP contribution in [0.15, 0.2) is 163 Å². The molecule has 4 aromatic carbocycles. The minimum absolute atomic E-state index is 0.843. The first-order valence-electron chi connectivity index (χ1n) is 13.0. The lowest BCUT2D eigenvalue weighted by Crippen LogP contribution is -1.99. The van der Waals surface area contributed by atoms with E-state index < -0.39 is 0 Å². The quantitative estimate of drug-likeness (QED) is 0.203. The van der Waals surface area contributed by atoms with E-state index in [4.69, 9.17) is 4.74 Å². The largest absolute Gasteiger partial charge is 0.456 e. The topological polar surface area (TPSA) is 9.23 Å². The predicted octanol–water partition coefficient (Wildman–Crippen LogP) is 10.4. The molecular weight excluding hydrogens is 492 g/mol. The van der Waals surface area contributed by atoms with E-state index in [0.29, 0.717) is 0 Å². The van der Waals surface area contributed by atoms with Gasteiger partial charge in [0.15, 0.2) is 0 Å². The number of allylic oxidation sites excluding steroid dienone is 5. The van der Waals surface area contributed by atoms with E-state index in [9.17, 15) is 0 Å². The van der Waals surface area contributed by atoms with Crippen molar-refractivity contribution >= 4 is 28.9 Å². The van der Waals surface area contributed by atoms with Crippen LogP contribution in [0.5, 0.6) is 0 Å². The summed E-state index contributed by atoms with van der Waals surface area (Å²) in [5.41, 5.74) is 6.81. The second-order valence-electron chi connectivity index (χ2n) is 9.23. The fraction of sp³-hybridized carbons (Fsp3) is 0. The van der Waals surface area contributed by atoms with Gasteiger partial charge in [-0.05, 0) is 47.6 Å². The summed E-state index contributed by atoms with van der Waals surface area (Å²) in [7, 11) is 0. The zero-order valence-corrected chi connectivity index (χ0v) is 22.2. The molecule has 0 N–H and O–H groups in total. The molecule has 2 heterocycles.